The number of pyridine rings is 1. The van der Waals surface area contributed by atoms with Gasteiger partial charge in [-0.3, -0.25) is 14.7 Å². The Kier molecular flexibility index (Phi) is 5.94. The molecule has 6 heteroatoms. The highest BCUT2D eigenvalue weighted by molar-refractivity contribution is 5.84. The molecule has 3 fully saturated rings. The standard InChI is InChI=1S/C14H18N2.C12H9N3O/c1-2-13(11-15-7-1)3-4-14-10-12-5-8-16(14)9-6-12;16-12-4-3-11(14-15-12)8-1-2-10-9(7-8)5-6-13-10/h1-4,7,11-12,14H,5-6,8-10H2;1-7,13H,(H,15,16)/t14-;/m1./s1. The van der Waals surface area contributed by atoms with E-state index in [1.807, 2.05) is 48.9 Å². The van der Waals surface area contributed by atoms with E-state index in [9.17, 15) is 4.79 Å². The molecule has 4 aromatic rings. The number of fused-ring (bicyclic) bond motifs is 4. The third-order valence-electron chi connectivity index (χ3n) is 6.42. The number of nitrogens with zero attached hydrogens (tertiary/aromatic N) is 3. The lowest BCUT2D eigenvalue weighted by molar-refractivity contribution is 0.0740. The van der Waals surface area contributed by atoms with Crippen molar-refractivity contribution >= 4 is 17.0 Å². The smallest absolute Gasteiger partial charge is 0.264 e. The molecule has 0 spiro atoms. The summed E-state index contributed by atoms with van der Waals surface area (Å²) in [6.45, 7) is 2.60. The summed E-state index contributed by atoms with van der Waals surface area (Å²) in [6, 6.07) is 16.0. The van der Waals surface area contributed by atoms with Gasteiger partial charge in [0, 0.05) is 47.2 Å². The highest BCUT2D eigenvalue weighted by Crippen LogP contribution is 2.32. The molecule has 6 nitrogen and oxygen atoms in total. The SMILES string of the molecule is C(=C[C@@H]1CC2CCN1CC2)c1cccnc1.O=c1ccc(-c2ccc3[nH]ccc3c2)n[nH]1. The highest BCUT2D eigenvalue weighted by atomic mass is 16.1. The van der Waals surface area contributed by atoms with Crippen molar-refractivity contribution in [1.29, 1.82) is 0 Å². The first-order valence-corrected chi connectivity index (χ1v) is 11.2. The Morgan fingerprint density at radius 3 is 2.69 bits per heavy atom. The topological polar surface area (TPSA) is 77.7 Å². The van der Waals surface area contributed by atoms with Crippen molar-refractivity contribution in [2.45, 2.75) is 25.3 Å². The second kappa shape index (κ2) is 9.32. The zero-order valence-corrected chi connectivity index (χ0v) is 17.9. The normalized spacial score (nSPS) is 22.1. The average Bonchev–Trinajstić information content (AvgIpc) is 3.33. The van der Waals surface area contributed by atoms with Gasteiger partial charge in [-0.15, -0.1) is 0 Å². The summed E-state index contributed by atoms with van der Waals surface area (Å²) in [5.41, 5.74) is 3.87. The minimum absolute atomic E-state index is 0.188. The Labute approximate surface area is 187 Å². The lowest BCUT2D eigenvalue weighted by Crippen LogP contribution is -2.47. The van der Waals surface area contributed by atoms with Crippen molar-refractivity contribution in [3.05, 3.63) is 89.1 Å². The number of hydrogen-bond acceptors (Lipinski definition) is 4. The Bertz CT molecular complexity index is 1230. The number of benzene rings is 1. The van der Waals surface area contributed by atoms with Gasteiger partial charge in [0.15, 0.2) is 0 Å². The van der Waals surface area contributed by atoms with Gasteiger partial charge in [-0.25, -0.2) is 5.10 Å². The van der Waals surface area contributed by atoms with Crippen molar-refractivity contribution in [2.75, 3.05) is 13.1 Å². The molecule has 162 valence electrons. The predicted octanol–water partition coefficient (Wildman–Crippen LogP) is 4.50. The van der Waals surface area contributed by atoms with E-state index in [0.717, 1.165) is 28.1 Å². The van der Waals surface area contributed by atoms with Crippen LogP contribution in [0, 0.1) is 5.92 Å². The molecular weight excluding hydrogens is 398 g/mol. The first kappa shape index (κ1) is 20.4. The second-order valence-corrected chi connectivity index (χ2v) is 8.51. The molecule has 6 heterocycles. The van der Waals surface area contributed by atoms with Crippen molar-refractivity contribution in [3.8, 4) is 11.3 Å². The van der Waals surface area contributed by atoms with Gasteiger partial charge in [0.2, 0.25) is 0 Å². The molecule has 2 N–H and O–H groups in total. The molecule has 0 unspecified atom stereocenters. The molecule has 3 saturated heterocycles. The van der Waals surface area contributed by atoms with E-state index in [0.29, 0.717) is 6.04 Å². The van der Waals surface area contributed by atoms with Crippen LogP contribution in [0.3, 0.4) is 0 Å². The molecule has 0 radical (unpaired) electrons. The second-order valence-electron chi connectivity index (χ2n) is 8.51. The minimum Gasteiger partial charge on any atom is -0.361 e. The maximum absolute atomic E-state index is 10.9. The number of H-pyrrole nitrogens is 2. The summed E-state index contributed by atoms with van der Waals surface area (Å²) < 4.78 is 0. The van der Waals surface area contributed by atoms with Crippen LogP contribution < -0.4 is 5.56 Å². The molecule has 3 aliphatic rings. The number of aromatic amines is 2. The molecular formula is C26H27N5O. The molecule has 0 aliphatic carbocycles. The zero-order valence-electron chi connectivity index (χ0n) is 17.9. The Morgan fingerprint density at radius 1 is 1.06 bits per heavy atom. The number of aromatic nitrogens is 4. The van der Waals surface area contributed by atoms with Gasteiger partial charge in [0.25, 0.3) is 5.56 Å². The van der Waals surface area contributed by atoms with Crippen molar-refractivity contribution < 1.29 is 0 Å². The molecule has 1 aromatic carbocycles. The first-order chi connectivity index (χ1) is 15.7. The summed E-state index contributed by atoms with van der Waals surface area (Å²) in [4.78, 5) is 20.8. The van der Waals surface area contributed by atoms with Crippen molar-refractivity contribution in [3.63, 3.8) is 0 Å². The van der Waals surface area contributed by atoms with Crippen molar-refractivity contribution in [2.24, 2.45) is 5.92 Å². The number of rotatable bonds is 3. The van der Waals surface area contributed by atoms with Gasteiger partial charge in [-0.05, 0) is 74.2 Å². The molecule has 32 heavy (non-hydrogen) atoms. The number of nitrogens with one attached hydrogen (secondary N) is 2. The average molecular weight is 426 g/mol. The van der Waals surface area contributed by atoms with Gasteiger partial charge >= 0.3 is 0 Å². The monoisotopic (exact) mass is 425 g/mol. The Hall–Kier alpha value is -3.51. The summed E-state index contributed by atoms with van der Waals surface area (Å²) in [5.74, 6) is 0.980. The van der Waals surface area contributed by atoms with E-state index < -0.39 is 0 Å². The first-order valence-electron chi connectivity index (χ1n) is 11.2. The fourth-order valence-corrected chi connectivity index (χ4v) is 4.63. The third-order valence-corrected chi connectivity index (χ3v) is 6.42. The summed E-state index contributed by atoms with van der Waals surface area (Å²) in [6.07, 6.45) is 14.4. The van der Waals surface area contributed by atoms with Crippen LogP contribution in [0.25, 0.3) is 28.2 Å². The largest absolute Gasteiger partial charge is 0.361 e. The molecule has 0 amide bonds. The van der Waals surface area contributed by atoms with Gasteiger partial charge in [0.1, 0.15) is 0 Å². The molecule has 1 atom stereocenters. The zero-order chi connectivity index (χ0) is 21.8. The quantitative estimate of drug-likeness (QED) is 0.507. The lowest BCUT2D eigenvalue weighted by Gasteiger charge is -2.44. The number of piperidine rings is 3. The molecule has 3 aromatic heterocycles. The van der Waals surface area contributed by atoms with Gasteiger partial charge in [-0.1, -0.05) is 24.3 Å². The maximum Gasteiger partial charge on any atom is 0.264 e. The Balaban J connectivity index is 0.000000135. The fraction of sp³-hybridized carbons (Fsp3) is 0.269. The van der Waals surface area contributed by atoms with E-state index >= 15 is 0 Å². The van der Waals surface area contributed by atoms with E-state index in [4.69, 9.17) is 0 Å². The Morgan fingerprint density at radius 2 is 1.97 bits per heavy atom. The molecule has 0 saturated carbocycles. The van der Waals surface area contributed by atoms with E-state index in [2.05, 4.69) is 43.3 Å². The van der Waals surface area contributed by atoms with Crippen LogP contribution in [0.1, 0.15) is 24.8 Å². The van der Waals surface area contributed by atoms with Crippen LogP contribution in [-0.4, -0.2) is 44.2 Å². The van der Waals surface area contributed by atoms with E-state index in [-0.39, 0.29) is 5.56 Å². The maximum atomic E-state index is 10.9. The van der Waals surface area contributed by atoms with E-state index in [1.165, 1.54) is 44.0 Å². The predicted molar refractivity (Wildman–Crippen MR) is 128 cm³/mol. The number of hydrogen-bond donors (Lipinski definition) is 2. The van der Waals surface area contributed by atoms with Crippen molar-refractivity contribution in [1.82, 2.24) is 25.1 Å². The van der Waals surface area contributed by atoms with Crippen LogP contribution in [0.4, 0.5) is 0 Å². The fourth-order valence-electron chi connectivity index (χ4n) is 4.63. The molecule has 2 bridgehead atoms. The van der Waals surface area contributed by atoms with E-state index in [1.54, 1.807) is 6.07 Å². The van der Waals surface area contributed by atoms with Gasteiger partial charge < -0.3 is 4.98 Å². The minimum atomic E-state index is -0.188. The summed E-state index contributed by atoms with van der Waals surface area (Å²) in [7, 11) is 0. The lowest BCUT2D eigenvalue weighted by atomic mass is 9.83. The highest BCUT2D eigenvalue weighted by Gasteiger charge is 2.31. The van der Waals surface area contributed by atoms with Crippen LogP contribution in [0.2, 0.25) is 0 Å². The van der Waals surface area contributed by atoms with Crippen LogP contribution in [0.5, 0.6) is 0 Å². The van der Waals surface area contributed by atoms with Gasteiger partial charge in [0.05, 0.1) is 5.69 Å². The summed E-state index contributed by atoms with van der Waals surface area (Å²) in [5, 5.41) is 7.55. The van der Waals surface area contributed by atoms with Crippen LogP contribution in [0.15, 0.2) is 78.0 Å². The molecule has 7 rings (SSSR count). The molecule has 3 aliphatic heterocycles. The summed E-state index contributed by atoms with van der Waals surface area (Å²) >= 11 is 0. The third kappa shape index (κ3) is 4.70. The van der Waals surface area contributed by atoms with Crippen LogP contribution in [-0.2, 0) is 0 Å². The van der Waals surface area contributed by atoms with Gasteiger partial charge in [-0.2, -0.15) is 5.10 Å². The van der Waals surface area contributed by atoms with Crippen LogP contribution >= 0.6 is 0 Å².